The molecule has 176 valence electrons. The molecule has 1 aliphatic heterocycles. The fourth-order valence-corrected chi connectivity index (χ4v) is 3.60. The molecule has 0 saturated carbocycles. The van der Waals surface area contributed by atoms with E-state index >= 15 is 0 Å². The van der Waals surface area contributed by atoms with Crippen molar-refractivity contribution in [1.29, 1.82) is 0 Å². The van der Waals surface area contributed by atoms with Crippen LogP contribution in [0, 0.1) is 0 Å². The Morgan fingerprint density at radius 3 is 2.39 bits per heavy atom. The Morgan fingerprint density at radius 1 is 1.15 bits per heavy atom. The number of methoxy groups -OCH3 is 1. The van der Waals surface area contributed by atoms with E-state index < -0.39 is 12.1 Å². The van der Waals surface area contributed by atoms with Gasteiger partial charge in [0.15, 0.2) is 0 Å². The van der Waals surface area contributed by atoms with Crippen LogP contribution in [-0.4, -0.2) is 79.6 Å². The first kappa shape index (κ1) is 24.2. The maximum Gasteiger partial charge on any atom is 0.249 e. The second-order valence-corrected chi connectivity index (χ2v) is 7.99. The summed E-state index contributed by atoms with van der Waals surface area (Å²) in [4.78, 5) is 39.6. The van der Waals surface area contributed by atoms with Crippen molar-refractivity contribution in [3.63, 3.8) is 0 Å². The molecular formula is C24H29N3O6. The van der Waals surface area contributed by atoms with E-state index in [0.717, 1.165) is 16.9 Å². The number of ether oxygens (including phenoxy) is 2. The van der Waals surface area contributed by atoms with Crippen LogP contribution in [0.4, 0.5) is 5.69 Å². The number of morpholine rings is 1. The molecule has 1 fully saturated rings. The molecule has 2 aromatic carbocycles. The van der Waals surface area contributed by atoms with Crippen LogP contribution in [0.3, 0.4) is 0 Å². The first-order valence-corrected chi connectivity index (χ1v) is 10.6. The maximum absolute atomic E-state index is 12.4. The number of aliphatic hydroxyl groups is 1. The number of rotatable bonds is 8. The highest BCUT2D eigenvalue weighted by molar-refractivity contribution is 5.92. The molecule has 0 aromatic heterocycles. The number of amides is 3. The molecule has 3 rings (SSSR count). The average molecular weight is 456 g/mol. The summed E-state index contributed by atoms with van der Waals surface area (Å²) in [5.41, 5.74) is 2.21. The topological polar surface area (TPSA) is 108 Å². The molecule has 0 spiro atoms. The Labute approximate surface area is 192 Å². The van der Waals surface area contributed by atoms with Gasteiger partial charge in [0.25, 0.3) is 0 Å². The second-order valence-electron chi connectivity index (χ2n) is 7.99. The van der Waals surface area contributed by atoms with Gasteiger partial charge in [-0.05, 0) is 35.4 Å². The lowest BCUT2D eigenvalue weighted by Crippen LogP contribution is -2.55. The van der Waals surface area contributed by atoms with Crippen LogP contribution < -0.4 is 10.1 Å². The minimum absolute atomic E-state index is 0.129. The standard InChI is InChI=1S/C24H29N3O6/c1-26(2)22(30)13-27-20(14-28)24(33-15-23(27)31)17-6-8-18(9-7-17)25-21(29)12-16-4-10-19(32-3)11-5-16/h4-11,20,24,28H,12-15H2,1-3H3,(H,25,29)/t20-,24-/m1/s1. The molecule has 0 radical (unpaired) electrons. The number of nitrogens with one attached hydrogen (secondary N) is 1. The lowest BCUT2D eigenvalue weighted by atomic mass is 9.99. The monoisotopic (exact) mass is 455 g/mol. The number of aliphatic hydroxyl groups excluding tert-OH is 1. The summed E-state index contributed by atoms with van der Waals surface area (Å²) in [6.07, 6.45) is -0.368. The molecule has 9 nitrogen and oxygen atoms in total. The van der Waals surface area contributed by atoms with Gasteiger partial charge in [-0.1, -0.05) is 24.3 Å². The number of anilines is 1. The van der Waals surface area contributed by atoms with Crippen LogP contribution in [0.1, 0.15) is 17.2 Å². The van der Waals surface area contributed by atoms with E-state index in [4.69, 9.17) is 9.47 Å². The predicted octanol–water partition coefficient (Wildman–Crippen LogP) is 1.23. The lowest BCUT2D eigenvalue weighted by molar-refractivity contribution is -0.164. The average Bonchev–Trinajstić information content (AvgIpc) is 2.81. The van der Waals surface area contributed by atoms with Crippen LogP contribution >= 0.6 is 0 Å². The minimum atomic E-state index is -0.689. The molecule has 0 unspecified atom stereocenters. The third-order valence-electron chi connectivity index (χ3n) is 5.49. The highest BCUT2D eigenvalue weighted by atomic mass is 16.5. The van der Waals surface area contributed by atoms with E-state index in [2.05, 4.69) is 5.32 Å². The van der Waals surface area contributed by atoms with Crippen molar-refractivity contribution < 1.29 is 29.0 Å². The van der Waals surface area contributed by atoms with Gasteiger partial charge in [0, 0.05) is 19.8 Å². The van der Waals surface area contributed by atoms with Crippen LogP contribution in [0.25, 0.3) is 0 Å². The molecule has 1 heterocycles. The van der Waals surface area contributed by atoms with E-state index in [1.807, 2.05) is 12.1 Å². The Morgan fingerprint density at radius 2 is 1.82 bits per heavy atom. The summed E-state index contributed by atoms with van der Waals surface area (Å²) in [7, 11) is 4.81. The fourth-order valence-electron chi connectivity index (χ4n) is 3.60. The summed E-state index contributed by atoms with van der Waals surface area (Å²) in [6, 6.07) is 13.6. The van der Waals surface area contributed by atoms with Crippen molar-refractivity contribution in [2.24, 2.45) is 0 Å². The van der Waals surface area contributed by atoms with Gasteiger partial charge >= 0.3 is 0 Å². The zero-order valence-corrected chi connectivity index (χ0v) is 19.0. The second kappa shape index (κ2) is 10.9. The zero-order chi connectivity index (χ0) is 24.0. The van der Waals surface area contributed by atoms with Crippen LogP contribution in [0.15, 0.2) is 48.5 Å². The van der Waals surface area contributed by atoms with Gasteiger partial charge in [-0.3, -0.25) is 14.4 Å². The summed E-state index contributed by atoms with van der Waals surface area (Å²) in [6.45, 7) is -0.657. The SMILES string of the molecule is COc1ccc(CC(=O)Nc2ccc([C@H]3OCC(=O)N(CC(=O)N(C)C)[C@@H]3CO)cc2)cc1. The molecule has 0 aliphatic carbocycles. The normalized spacial score (nSPS) is 18.1. The van der Waals surface area contributed by atoms with Crippen LogP contribution in [0.2, 0.25) is 0 Å². The molecule has 33 heavy (non-hydrogen) atoms. The zero-order valence-electron chi connectivity index (χ0n) is 19.0. The Kier molecular flexibility index (Phi) is 8.02. The number of hydrogen-bond acceptors (Lipinski definition) is 6. The minimum Gasteiger partial charge on any atom is -0.497 e. The quantitative estimate of drug-likeness (QED) is 0.620. The van der Waals surface area contributed by atoms with Gasteiger partial charge in [0.1, 0.15) is 25.0 Å². The summed E-state index contributed by atoms with van der Waals surface area (Å²) in [5.74, 6) is -0.0125. The number of likely N-dealkylation sites (N-methyl/N-ethyl adjacent to an activating group) is 1. The highest BCUT2D eigenvalue weighted by Crippen LogP contribution is 2.30. The van der Waals surface area contributed by atoms with E-state index in [1.54, 1.807) is 57.6 Å². The van der Waals surface area contributed by atoms with Gasteiger partial charge in [-0.15, -0.1) is 0 Å². The number of hydrogen-bond donors (Lipinski definition) is 2. The van der Waals surface area contributed by atoms with Crippen molar-refractivity contribution >= 4 is 23.4 Å². The van der Waals surface area contributed by atoms with Crippen molar-refractivity contribution in [2.75, 3.05) is 46.3 Å². The van der Waals surface area contributed by atoms with Crippen molar-refractivity contribution in [1.82, 2.24) is 9.80 Å². The molecule has 2 N–H and O–H groups in total. The van der Waals surface area contributed by atoms with Gasteiger partial charge in [-0.2, -0.15) is 0 Å². The molecule has 1 saturated heterocycles. The molecule has 2 aromatic rings. The van der Waals surface area contributed by atoms with E-state index in [9.17, 15) is 19.5 Å². The van der Waals surface area contributed by atoms with Crippen LogP contribution in [0.5, 0.6) is 5.75 Å². The predicted molar refractivity (Wildman–Crippen MR) is 122 cm³/mol. The first-order valence-electron chi connectivity index (χ1n) is 10.6. The molecule has 9 heteroatoms. The van der Waals surface area contributed by atoms with E-state index in [-0.39, 0.29) is 43.9 Å². The molecule has 0 bridgehead atoms. The Hall–Kier alpha value is -3.43. The van der Waals surface area contributed by atoms with Crippen LogP contribution in [-0.2, 0) is 25.5 Å². The molecule has 2 atom stereocenters. The molecule has 3 amide bonds. The van der Waals surface area contributed by atoms with Gasteiger partial charge in [-0.25, -0.2) is 0 Å². The molecular weight excluding hydrogens is 426 g/mol. The lowest BCUT2D eigenvalue weighted by Gasteiger charge is -2.40. The Bertz CT molecular complexity index is 975. The van der Waals surface area contributed by atoms with Crippen molar-refractivity contribution in [3.05, 3.63) is 59.7 Å². The summed E-state index contributed by atoms with van der Waals surface area (Å²) < 4.78 is 10.8. The summed E-state index contributed by atoms with van der Waals surface area (Å²) in [5, 5.41) is 12.8. The van der Waals surface area contributed by atoms with Gasteiger partial charge < -0.3 is 29.7 Å². The number of benzene rings is 2. The third kappa shape index (κ3) is 6.09. The van der Waals surface area contributed by atoms with E-state index in [0.29, 0.717) is 5.69 Å². The largest absolute Gasteiger partial charge is 0.497 e. The highest BCUT2D eigenvalue weighted by Gasteiger charge is 2.38. The number of nitrogens with zero attached hydrogens (tertiary/aromatic N) is 2. The summed E-state index contributed by atoms with van der Waals surface area (Å²) >= 11 is 0. The van der Waals surface area contributed by atoms with Crippen molar-refractivity contribution in [3.8, 4) is 5.75 Å². The fraction of sp³-hybridized carbons (Fsp3) is 0.375. The third-order valence-corrected chi connectivity index (χ3v) is 5.49. The van der Waals surface area contributed by atoms with Crippen molar-refractivity contribution in [2.45, 2.75) is 18.6 Å². The number of carbonyl (C=O) groups is 3. The maximum atomic E-state index is 12.4. The van der Waals surface area contributed by atoms with Gasteiger partial charge in [0.2, 0.25) is 17.7 Å². The van der Waals surface area contributed by atoms with E-state index in [1.165, 1.54) is 9.80 Å². The Balaban J connectivity index is 1.65. The first-order chi connectivity index (χ1) is 15.8. The smallest absolute Gasteiger partial charge is 0.249 e. The number of carbonyl (C=O) groups excluding carboxylic acids is 3. The molecule has 1 aliphatic rings. The van der Waals surface area contributed by atoms with Gasteiger partial charge in [0.05, 0.1) is 26.2 Å².